The molecule has 1 aromatic heterocycles. The monoisotopic (exact) mass is 225 g/mol. The van der Waals surface area contributed by atoms with Crippen molar-refractivity contribution in [1.82, 2.24) is 20.3 Å². The Kier molecular flexibility index (Phi) is 4.91. The lowest BCUT2D eigenvalue weighted by atomic mass is 10.2. The summed E-state index contributed by atoms with van der Waals surface area (Å²) in [6, 6.07) is 0. The standard InChI is InChI=1S/C10H19N5O/c1-3-9-7-15(14-13-9)6-8(2)4-12-5-10(11)16/h7-8,12H,3-6H2,1-2H3,(H2,11,16). The van der Waals surface area contributed by atoms with Crippen LogP contribution in [0.15, 0.2) is 6.20 Å². The van der Waals surface area contributed by atoms with Gasteiger partial charge in [0.15, 0.2) is 0 Å². The zero-order valence-electron chi connectivity index (χ0n) is 9.81. The summed E-state index contributed by atoms with van der Waals surface area (Å²) < 4.78 is 1.83. The van der Waals surface area contributed by atoms with Gasteiger partial charge in [-0.25, -0.2) is 0 Å². The van der Waals surface area contributed by atoms with E-state index in [-0.39, 0.29) is 12.5 Å². The number of carbonyl (C=O) groups is 1. The lowest BCUT2D eigenvalue weighted by Crippen LogP contribution is -2.32. The number of hydrogen-bond donors (Lipinski definition) is 2. The molecule has 90 valence electrons. The van der Waals surface area contributed by atoms with E-state index < -0.39 is 0 Å². The zero-order chi connectivity index (χ0) is 12.0. The highest BCUT2D eigenvalue weighted by atomic mass is 16.1. The highest BCUT2D eigenvalue weighted by Crippen LogP contribution is 2.00. The second-order valence-corrected chi connectivity index (χ2v) is 3.99. The topological polar surface area (TPSA) is 85.8 Å². The lowest BCUT2D eigenvalue weighted by Gasteiger charge is -2.11. The summed E-state index contributed by atoms with van der Waals surface area (Å²) >= 11 is 0. The Hall–Kier alpha value is -1.43. The molecule has 0 fully saturated rings. The number of nitrogens with zero attached hydrogens (tertiary/aromatic N) is 3. The molecule has 6 heteroatoms. The second kappa shape index (κ2) is 6.22. The fourth-order valence-corrected chi connectivity index (χ4v) is 1.42. The third kappa shape index (κ3) is 4.39. The van der Waals surface area contributed by atoms with E-state index in [2.05, 4.69) is 22.6 Å². The van der Waals surface area contributed by atoms with Gasteiger partial charge >= 0.3 is 0 Å². The third-order valence-corrected chi connectivity index (χ3v) is 2.24. The number of nitrogens with two attached hydrogens (primary N) is 1. The van der Waals surface area contributed by atoms with Crippen LogP contribution in [0, 0.1) is 5.92 Å². The Morgan fingerprint density at radius 2 is 2.44 bits per heavy atom. The van der Waals surface area contributed by atoms with Gasteiger partial charge in [-0.2, -0.15) is 0 Å². The van der Waals surface area contributed by atoms with Crippen molar-refractivity contribution in [2.75, 3.05) is 13.1 Å². The SMILES string of the molecule is CCc1cn(CC(C)CNCC(N)=O)nn1. The molecule has 1 atom stereocenters. The van der Waals surface area contributed by atoms with Crippen LogP contribution in [0.4, 0.5) is 0 Å². The number of primary amides is 1. The van der Waals surface area contributed by atoms with E-state index in [0.717, 1.165) is 25.2 Å². The molecule has 0 spiro atoms. The van der Waals surface area contributed by atoms with Crippen LogP contribution >= 0.6 is 0 Å². The number of hydrogen-bond acceptors (Lipinski definition) is 4. The van der Waals surface area contributed by atoms with Gasteiger partial charge in [-0.15, -0.1) is 5.10 Å². The van der Waals surface area contributed by atoms with Crippen LogP contribution in [-0.2, 0) is 17.8 Å². The molecule has 0 bridgehead atoms. The molecule has 1 amide bonds. The van der Waals surface area contributed by atoms with Gasteiger partial charge < -0.3 is 11.1 Å². The first-order valence-electron chi connectivity index (χ1n) is 5.49. The largest absolute Gasteiger partial charge is 0.369 e. The average molecular weight is 225 g/mol. The Morgan fingerprint density at radius 1 is 1.69 bits per heavy atom. The smallest absolute Gasteiger partial charge is 0.231 e. The van der Waals surface area contributed by atoms with Crippen molar-refractivity contribution < 1.29 is 4.79 Å². The maximum atomic E-state index is 10.5. The van der Waals surface area contributed by atoms with E-state index in [1.165, 1.54) is 0 Å². The van der Waals surface area contributed by atoms with Crippen LogP contribution in [0.2, 0.25) is 0 Å². The Balaban J connectivity index is 2.28. The van der Waals surface area contributed by atoms with Gasteiger partial charge in [0.1, 0.15) is 0 Å². The molecule has 0 aliphatic carbocycles. The van der Waals surface area contributed by atoms with E-state index in [1.807, 2.05) is 17.8 Å². The Bertz CT molecular complexity index is 336. The maximum Gasteiger partial charge on any atom is 0.231 e. The number of nitrogens with one attached hydrogen (secondary N) is 1. The summed E-state index contributed by atoms with van der Waals surface area (Å²) in [6.45, 7) is 5.89. The van der Waals surface area contributed by atoms with Crippen molar-refractivity contribution in [2.24, 2.45) is 11.7 Å². The molecule has 0 saturated carbocycles. The number of aromatic nitrogens is 3. The van der Waals surface area contributed by atoms with E-state index >= 15 is 0 Å². The Labute approximate surface area is 95.2 Å². The molecule has 0 aromatic carbocycles. The molecule has 0 aliphatic heterocycles. The maximum absolute atomic E-state index is 10.5. The van der Waals surface area contributed by atoms with Crippen LogP contribution in [0.5, 0.6) is 0 Å². The van der Waals surface area contributed by atoms with Crippen LogP contribution < -0.4 is 11.1 Å². The van der Waals surface area contributed by atoms with Gasteiger partial charge in [0, 0.05) is 12.7 Å². The van der Waals surface area contributed by atoms with Crippen LogP contribution in [0.25, 0.3) is 0 Å². The highest BCUT2D eigenvalue weighted by Gasteiger charge is 2.05. The van der Waals surface area contributed by atoms with Gasteiger partial charge in [0.2, 0.25) is 5.91 Å². The quantitative estimate of drug-likeness (QED) is 0.658. The lowest BCUT2D eigenvalue weighted by molar-refractivity contribution is -0.117. The van der Waals surface area contributed by atoms with Crippen LogP contribution in [-0.4, -0.2) is 34.0 Å². The van der Waals surface area contributed by atoms with Gasteiger partial charge in [0.25, 0.3) is 0 Å². The molecule has 0 radical (unpaired) electrons. The summed E-state index contributed by atoms with van der Waals surface area (Å²) in [7, 11) is 0. The third-order valence-electron chi connectivity index (χ3n) is 2.24. The molecule has 0 saturated heterocycles. The predicted octanol–water partition coefficient (Wildman–Crippen LogP) is -0.448. The minimum Gasteiger partial charge on any atom is -0.369 e. The van der Waals surface area contributed by atoms with E-state index in [0.29, 0.717) is 5.92 Å². The average Bonchev–Trinajstić information content (AvgIpc) is 2.65. The molecule has 1 unspecified atom stereocenters. The predicted molar refractivity (Wildman–Crippen MR) is 60.6 cm³/mol. The summed E-state index contributed by atoms with van der Waals surface area (Å²) in [5.41, 5.74) is 6.02. The van der Waals surface area contributed by atoms with E-state index in [9.17, 15) is 4.79 Å². The number of amides is 1. The van der Waals surface area contributed by atoms with Crippen molar-refractivity contribution in [3.63, 3.8) is 0 Å². The second-order valence-electron chi connectivity index (χ2n) is 3.99. The van der Waals surface area contributed by atoms with E-state index in [4.69, 9.17) is 5.73 Å². The van der Waals surface area contributed by atoms with Gasteiger partial charge in [-0.3, -0.25) is 9.48 Å². The molecule has 0 aliphatic rings. The van der Waals surface area contributed by atoms with Crippen molar-refractivity contribution in [3.8, 4) is 0 Å². The molecular weight excluding hydrogens is 206 g/mol. The van der Waals surface area contributed by atoms with Crippen molar-refractivity contribution >= 4 is 5.91 Å². The zero-order valence-corrected chi connectivity index (χ0v) is 9.81. The molecule has 6 nitrogen and oxygen atoms in total. The fourth-order valence-electron chi connectivity index (χ4n) is 1.42. The molecule has 1 rings (SSSR count). The number of aryl methyl sites for hydroxylation is 1. The number of carbonyl (C=O) groups excluding carboxylic acids is 1. The molecule has 3 N–H and O–H groups in total. The van der Waals surface area contributed by atoms with Gasteiger partial charge in [-0.1, -0.05) is 19.1 Å². The molecule has 1 heterocycles. The molecule has 16 heavy (non-hydrogen) atoms. The first-order chi connectivity index (χ1) is 7.61. The molecule has 1 aromatic rings. The minimum absolute atomic E-state index is 0.224. The normalized spacial score (nSPS) is 12.6. The first kappa shape index (κ1) is 12.6. The van der Waals surface area contributed by atoms with Gasteiger partial charge in [0.05, 0.1) is 12.2 Å². The van der Waals surface area contributed by atoms with Crippen LogP contribution in [0.3, 0.4) is 0 Å². The molecular formula is C10H19N5O. The summed E-state index contributed by atoms with van der Waals surface area (Å²) in [4.78, 5) is 10.5. The fraction of sp³-hybridized carbons (Fsp3) is 0.700. The summed E-state index contributed by atoms with van der Waals surface area (Å²) in [6.07, 6.45) is 2.85. The van der Waals surface area contributed by atoms with Gasteiger partial charge in [-0.05, 0) is 18.9 Å². The summed E-state index contributed by atoms with van der Waals surface area (Å²) in [5.74, 6) is 0.0481. The van der Waals surface area contributed by atoms with Crippen LogP contribution in [0.1, 0.15) is 19.5 Å². The minimum atomic E-state index is -0.332. The van der Waals surface area contributed by atoms with Crippen molar-refractivity contribution in [3.05, 3.63) is 11.9 Å². The summed E-state index contributed by atoms with van der Waals surface area (Å²) in [5, 5.41) is 11.0. The van der Waals surface area contributed by atoms with Crippen molar-refractivity contribution in [1.29, 1.82) is 0 Å². The first-order valence-corrected chi connectivity index (χ1v) is 5.49. The Morgan fingerprint density at radius 3 is 3.00 bits per heavy atom. The number of rotatable bonds is 7. The van der Waals surface area contributed by atoms with Crippen molar-refractivity contribution in [2.45, 2.75) is 26.8 Å². The van der Waals surface area contributed by atoms with E-state index in [1.54, 1.807) is 0 Å². The highest BCUT2D eigenvalue weighted by molar-refractivity contribution is 5.75.